The Kier molecular flexibility index (Phi) is 6.81. The second-order valence-corrected chi connectivity index (χ2v) is 13.0. The predicted octanol–water partition coefficient (Wildman–Crippen LogP) is 4.08. The van der Waals surface area contributed by atoms with Crippen molar-refractivity contribution in [3.05, 3.63) is 33.9 Å². The Morgan fingerprint density at radius 3 is 2.59 bits per heavy atom. The van der Waals surface area contributed by atoms with Crippen LogP contribution in [0.2, 0.25) is 0 Å². The van der Waals surface area contributed by atoms with Gasteiger partial charge in [0.25, 0.3) is 0 Å². The van der Waals surface area contributed by atoms with E-state index in [0.717, 1.165) is 24.0 Å². The highest BCUT2D eigenvalue weighted by molar-refractivity contribution is 8.06. The summed E-state index contributed by atoms with van der Waals surface area (Å²) >= 11 is 0. The minimum absolute atomic E-state index is 0.00987. The maximum atomic E-state index is 14.2. The van der Waals surface area contributed by atoms with E-state index in [4.69, 9.17) is 10.1 Å². The van der Waals surface area contributed by atoms with Crippen LogP contribution >= 0.6 is 0 Å². The second-order valence-electron chi connectivity index (χ2n) is 11.1. The molecular formula is C28H33FN2O5S. The van der Waals surface area contributed by atoms with Crippen LogP contribution in [0.4, 0.5) is 4.39 Å². The Labute approximate surface area is 217 Å². The Morgan fingerprint density at radius 2 is 1.95 bits per heavy atom. The fourth-order valence-electron chi connectivity index (χ4n) is 5.84. The number of Topliss-reactive ketones (excluding diaryl/α,β-unsaturated/α-hetero) is 2. The first kappa shape index (κ1) is 26.1. The van der Waals surface area contributed by atoms with Gasteiger partial charge in [-0.25, -0.2) is 12.8 Å². The number of rotatable bonds is 9. The monoisotopic (exact) mass is 528 g/mol. The summed E-state index contributed by atoms with van der Waals surface area (Å²) in [4.78, 5) is 29.8. The number of carbonyl (C=O) groups excluding carboxylic acids is 2. The molecule has 0 aromatic heterocycles. The van der Waals surface area contributed by atoms with Gasteiger partial charge in [-0.15, -0.1) is 0 Å². The predicted molar refractivity (Wildman–Crippen MR) is 139 cm³/mol. The SMILES string of the molecule is CCOCC(=O)CC(=O)C1Cc2cc3c(c(S(=O)(=O)C(=N)C4CC(C)(F)C4)c2C1)C=C(C1CC1)CN=C3. The lowest BCUT2D eigenvalue weighted by molar-refractivity contribution is -0.131. The van der Waals surface area contributed by atoms with Crippen molar-refractivity contribution in [3.8, 4) is 0 Å². The van der Waals surface area contributed by atoms with Gasteiger partial charge in [0.1, 0.15) is 23.1 Å². The van der Waals surface area contributed by atoms with Crippen molar-refractivity contribution in [1.29, 1.82) is 5.41 Å². The van der Waals surface area contributed by atoms with Gasteiger partial charge in [0.05, 0.1) is 17.9 Å². The van der Waals surface area contributed by atoms with Crippen LogP contribution in [0.15, 0.2) is 21.5 Å². The number of halogens is 1. The molecule has 4 aliphatic rings. The van der Waals surface area contributed by atoms with Gasteiger partial charge in [-0.2, -0.15) is 0 Å². The molecule has 1 aromatic carbocycles. The minimum Gasteiger partial charge on any atom is -0.374 e. The number of sulfone groups is 1. The first-order valence-electron chi connectivity index (χ1n) is 13.0. The maximum Gasteiger partial charge on any atom is 0.220 e. The molecule has 1 aliphatic heterocycles. The molecule has 0 bridgehead atoms. The maximum absolute atomic E-state index is 14.2. The molecule has 0 radical (unpaired) electrons. The molecule has 7 nitrogen and oxygen atoms in total. The lowest BCUT2D eigenvalue weighted by atomic mass is 9.74. The van der Waals surface area contributed by atoms with Gasteiger partial charge in [0.15, 0.2) is 5.78 Å². The number of fused-ring (bicyclic) bond motifs is 2. The van der Waals surface area contributed by atoms with Crippen LogP contribution in [0.25, 0.3) is 6.08 Å². The summed E-state index contributed by atoms with van der Waals surface area (Å²) in [5.74, 6) is -1.32. The fourth-order valence-corrected chi connectivity index (χ4v) is 7.67. The van der Waals surface area contributed by atoms with E-state index in [9.17, 15) is 22.4 Å². The van der Waals surface area contributed by atoms with Crippen LogP contribution in [0.1, 0.15) is 68.2 Å². The fraction of sp³-hybridized carbons (Fsp3) is 0.571. The molecule has 37 heavy (non-hydrogen) atoms. The Bertz CT molecular complexity index is 1330. The third kappa shape index (κ3) is 5.12. The zero-order chi connectivity index (χ0) is 26.5. The Hall–Kier alpha value is -2.52. The number of ether oxygens (including phenoxy) is 1. The number of aliphatic imine (C=N–C) groups is 1. The molecule has 2 saturated carbocycles. The Morgan fingerprint density at radius 1 is 1.22 bits per heavy atom. The number of hydrogen-bond acceptors (Lipinski definition) is 7. The van der Waals surface area contributed by atoms with Crippen molar-refractivity contribution in [1.82, 2.24) is 0 Å². The van der Waals surface area contributed by atoms with E-state index in [-0.39, 0.29) is 48.8 Å². The summed E-state index contributed by atoms with van der Waals surface area (Å²) in [5.41, 5.74) is 2.08. The zero-order valence-corrected chi connectivity index (χ0v) is 22.1. The first-order valence-corrected chi connectivity index (χ1v) is 14.5. The summed E-state index contributed by atoms with van der Waals surface area (Å²) in [7, 11) is -4.23. The van der Waals surface area contributed by atoms with E-state index in [2.05, 4.69) is 4.99 Å². The van der Waals surface area contributed by atoms with Crippen molar-refractivity contribution in [2.24, 2.45) is 22.7 Å². The summed E-state index contributed by atoms with van der Waals surface area (Å²) in [6.45, 7) is 3.98. The molecule has 198 valence electrons. The number of nitrogens with zero attached hydrogens (tertiary/aromatic N) is 1. The molecule has 1 aromatic rings. The standard InChI is InChI=1S/C28H33FN2O5S/c1-3-36-15-22(32)10-25(33)18-6-17-7-20-14-31-13-19(16-4-5-16)9-24(20)26(23(17)8-18)37(34,35)27(30)21-11-28(2,29)12-21/h7,9,14,16,18,21,30H,3-6,8,10-13,15H2,1-2H3. The van der Waals surface area contributed by atoms with Gasteiger partial charge in [-0.05, 0) is 81.1 Å². The first-order chi connectivity index (χ1) is 17.5. The molecule has 5 rings (SSSR count). The smallest absolute Gasteiger partial charge is 0.220 e. The number of alkyl halides is 1. The van der Waals surface area contributed by atoms with Gasteiger partial charge in [-0.3, -0.25) is 20.0 Å². The molecule has 0 spiro atoms. The number of carbonyl (C=O) groups is 2. The number of nitrogens with one attached hydrogen (secondary N) is 1. The van der Waals surface area contributed by atoms with Crippen LogP contribution in [0, 0.1) is 23.2 Å². The highest BCUT2D eigenvalue weighted by Gasteiger charge is 2.47. The zero-order valence-electron chi connectivity index (χ0n) is 21.3. The van der Waals surface area contributed by atoms with Crippen LogP contribution in [-0.4, -0.2) is 56.7 Å². The van der Waals surface area contributed by atoms with Crippen LogP contribution < -0.4 is 0 Å². The number of hydrogen-bond donors (Lipinski definition) is 1. The minimum atomic E-state index is -4.23. The molecule has 1 unspecified atom stereocenters. The highest BCUT2D eigenvalue weighted by Crippen LogP contribution is 2.46. The molecule has 2 fully saturated rings. The van der Waals surface area contributed by atoms with Crippen LogP contribution in [-0.2, 0) is 37.0 Å². The molecular weight excluding hydrogens is 495 g/mol. The topological polar surface area (TPSA) is 114 Å². The van der Waals surface area contributed by atoms with E-state index >= 15 is 0 Å². The second kappa shape index (κ2) is 9.66. The third-order valence-electron chi connectivity index (χ3n) is 7.97. The molecule has 1 atom stereocenters. The summed E-state index contributed by atoms with van der Waals surface area (Å²) in [5, 5.41) is 8.15. The van der Waals surface area contributed by atoms with Crippen LogP contribution in [0.3, 0.4) is 0 Å². The molecule has 9 heteroatoms. The van der Waals surface area contributed by atoms with Gasteiger partial charge < -0.3 is 4.74 Å². The number of benzene rings is 1. The summed E-state index contributed by atoms with van der Waals surface area (Å²) in [6, 6.07) is 1.90. The van der Waals surface area contributed by atoms with E-state index in [1.165, 1.54) is 6.92 Å². The van der Waals surface area contributed by atoms with Crippen molar-refractivity contribution in [2.45, 2.75) is 69.4 Å². The molecule has 3 aliphatic carbocycles. The normalized spacial score (nSPS) is 26.5. The van der Waals surface area contributed by atoms with Gasteiger partial charge in [-0.1, -0.05) is 6.08 Å². The van der Waals surface area contributed by atoms with Crippen molar-refractivity contribution >= 4 is 38.7 Å². The molecule has 1 N–H and O–H groups in total. The lowest BCUT2D eigenvalue weighted by Crippen LogP contribution is -2.43. The Balaban J connectivity index is 1.54. The quantitative estimate of drug-likeness (QED) is 0.295. The van der Waals surface area contributed by atoms with Crippen LogP contribution in [0.5, 0.6) is 0 Å². The van der Waals surface area contributed by atoms with Gasteiger partial charge in [0, 0.05) is 35.8 Å². The largest absolute Gasteiger partial charge is 0.374 e. The lowest BCUT2D eigenvalue weighted by Gasteiger charge is -2.38. The highest BCUT2D eigenvalue weighted by atomic mass is 32.2. The summed E-state index contributed by atoms with van der Waals surface area (Å²) < 4.78 is 47.4. The molecule has 0 saturated heterocycles. The average molecular weight is 529 g/mol. The van der Waals surface area contributed by atoms with Gasteiger partial charge >= 0.3 is 0 Å². The third-order valence-corrected chi connectivity index (χ3v) is 9.88. The van der Waals surface area contributed by atoms with Crippen molar-refractivity contribution in [2.75, 3.05) is 19.8 Å². The van der Waals surface area contributed by atoms with Gasteiger partial charge in [0.2, 0.25) is 9.84 Å². The van der Waals surface area contributed by atoms with E-state index in [1.54, 1.807) is 13.1 Å². The van der Waals surface area contributed by atoms with Crippen molar-refractivity contribution < 1.29 is 27.1 Å². The van der Waals surface area contributed by atoms with E-state index in [0.29, 0.717) is 42.2 Å². The van der Waals surface area contributed by atoms with E-state index in [1.807, 2.05) is 12.1 Å². The molecule has 0 amide bonds. The molecule has 1 heterocycles. The summed E-state index contributed by atoms with van der Waals surface area (Å²) in [6.07, 6.45) is 5.99. The average Bonchev–Trinajstić information content (AvgIpc) is 3.61. The number of ketones is 2. The van der Waals surface area contributed by atoms with E-state index < -0.39 is 32.4 Å². The van der Waals surface area contributed by atoms with Crippen molar-refractivity contribution in [3.63, 3.8) is 0 Å².